The molecule has 0 aromatic heterocycles. The number of nitrogens with two attached hydrogens (primary N) is 1. The number of benzene rings is 1. The predicted octanol–water partition coefficient (Wildman–Crippen LogP) is 1.82. The van der Waals surface area contributed by atoms with Crippen LogP contribution in [0.4, 0.5) is 0 Å². The van der Waals surface area contributed by atoms with Crippen LogP contribution in [0.2, 0.25) is 5.02 Å². The summed E-state index contributed by atoms with van der Waals surface area (Å²) in [6.07, 6.45) is -0.901. The summed E-state index contributed by atoms with van der Waals surface area (Å²) in [6.45, 7) is 3.39. The smallest absolute Gasteiger partial charge is 0.134 e. The summed E-state index contributed by atoms with van der Waals surface area (Å²) in [6, 6.07) is 4.72. The maximum Gasteiger partial charge on any atom is 0.134 e. The van der Waals surface area contributed by atoms with Crippen LogP contribution in [0.3, 0.4) is 0 Å². The van der Waals surface area contributed by atoms with E-state index in [4.69, 9.17) is 17.3 Å². The molecule has 3 nitrogen and oxygen atoms in total. The van der Waals surface area contributed by atoms with Gasteiger partial charge in [0.1, 0.15) is 5.75 Å². The van der Waals surface area contributed by atoms with Gasteiger partial charge in [-0.05, 0) is 19.9 Å². The Balaban J connectivity index is 3.14. The topological polar surface area (TPSA) is 66.5 Å². The first kappa shape index (κ1) is 11.3. The summed E-state index contributed by atoms with van der Waals surface area (Å²) in [5, 5.41) is 19.3. The third-order valence-electron chi connectivity index (χ3n) is 2.01. The number of aromatic hydroxyl groups is 1. The number of hydrogen-bond acceptors (Lipinski definition) is 3. The first-order chi connectivity index (χ1) is 6.34. The number of aliphatic hydroxyl groups excluding tert-OH is 1. The summed E-state index contributed by atoms with van der Waals surface area (Å²) in [4.78, 5) is 0. The highest BCUT2D eigenvalue weighted by Crippen LogP contribution is 2.34. The lowest BCUT2D eigenvalue weighted by Gasteiger charge is -2.26. The Morgan fingerprint density at radius 1 is 1.43 bits per heavy atom. The molecule has 0 spiro atoms. The lowest BCUT2D eigenvalue weighted by Crippen LogP contribution is -2.39. The molecule has 1 aromatic carbocycles. The summed E-state index contributed by atoms with van der Waals surface area (Å²) in [5.41, 5.74) is 5.39. The first-order valence-electron chi connectivity index (χ1n) is 4.28. The van der Waals surface area contributed by atoms with Gasteiger partial charge < -0.3 is 15.9 Å². The number of aliphatic hydroxyl groups is 1. The molecule has 0 amide bonds. The van der Waals surface area contributed by atoms with Gasteiger partial charge in [0.25, 0.3) is 0 Å². The monoisotopic (exact) mass is 215 g/mol. The highest BCUT2D eigenvalue weighted by Gasteiger charge is 2.26. The minimum atomic E-state index is -0.901. The average Bonchev–Trinajstić information content (AvgIpc) is 2.07. The van der Waals surface area contributed by atoms with Crippen molar-refractivity contribution in [2.75, 3.05) is 0 Å². The van der Waals surface area contributed by atoms with E-state index >= 15 is 0 Å². The molecule has 0 aliphatic carbocycles. The largest absolute Gasteiger partial charge is 0.506 e. The van der Waals surface area contributed by atoms with Gasteiger partial charge in [0.2, 0.25) is 0 Å². The SMILES string of the molecule is CC(C)(N)C(O)c1cccc(O)c1Cl. The van der Waals surface area contributed by atoms with E-state index in [2.05, 4.69) is 0 Å². The Kier molecular flexibility index (Phi) is 3.04. The van der Waals surface area contributed by atoms with Crippen LogP contribution in [0.5, 0.6) is 5.75 Å². The van der Waals surface area contributed by atoms with E-state index in [1.807, 2.05) is 0 Å². The van der Waals surface area contributed by atoms with Gasteiger partial charge in [-0.3, -0.25) is 0 Å². The quantitative estimate of drug-likeness (QED) is 0.705. The summed E-state index contributed by atoms with van der Waals surface area (Å²) in [5.74, 6) is -0.0486. The van der Waals surface area contributed by atoms with Crippen LogP contribution in [0.15, 0.2) is 18.2 Å². The molecule has 0 saturated carbocycles. The molecule has 0 saturated heterocycles. The zero-order chi connectivity index (χ0) is 10.9. The predicted molar refractivity (Wildman–Crippen MR) is 56.3 cm³/mol. The van der Waals surface area contributed by atoms with E-state index in [-0.39, 0.29) is 10.8 Å². The average molecular weight is 216 g/mol. The Hall–Kier alpha value is -0.770. The van der Waals surface area contributed by atoms with Crippen molar-refractivity contribution in [3.05, 3.63) is 28.8 Å². The van der Waals surface area contributed by atoms with Crippen LogP contribution < -0.4 is 5.73 Å². The van der Waals surface area contributed by atoms with Crippen LogP contribution in [-0.4, -0.2) is 15.8 Å². The molecule has 0 fully saturated rings. The van der Waals surface area contributed by atoms with Gasteiger partial charge in [0.15, 0.2) is 0 Å². The lowest BCUT2D eigenvalue weighted by molar-refractivity contribution is 0.104. The molecule has 0 aliphatic rings. The van der Waals surface area contributed by atoms with Crippen LogP contribution in [0.1, 0.15) is 25.5 Å². The standard InChI is InChI=1S/C10H14ClNO2/c1-10(2,12)9(14)6-4-3-5-7(13)8(6)11/h3-5,9,13-14H,12H2,1-2H3. The number of phenolic OH excluding ortho intramolecular Hbond substituents is 1. The van der Waals surface area contributed by atoms with Gasteiger partial charge in [0, 0.05) is 11.1 Å². The number of phenols is 1. The van der Waals surface area contributed by atoms with E-state index in [1.165, 1.54) is 6.07 Å². The van der Waals surface area contributed by atoms with Crippen molar-refractivity contribution in [2.24, 2.45) is 5.73 Å². The molecule has 1 aromatic rings. The zero-order valence-electron chi connectivity index (χ0n) is 8.16. The number of halogens is 1. The van der Waals surface area contributed by atoms with Gasteiger partial charge >= 0.3 is 0 Å². The van der Waals surface area contributed by atoms with E-state index < -0.39 is 11.6 Å². The maximum atomic E-state index is 9.84. The molecule has 0 bridgehead atoms. The second-order valence-electron chi connectivity index (χ2n) is 3.90. The minimum absolute atomic E-state index is 0.0486. The van der Waals surface area contributed by atoms with Crippen molar-refractivity contribution in [2.45, 2.75) is 25.5 Å². The Morgan fingerprint density at radius 3 is 2.50 bits per heavy atom. The lowest BCUT2D eigenvalue weighted by atomic mass is 9.92. The van der Waals surface area contributed by atoms with Crippen LogP contribution in [0, 0.1) is 0 Å². The fourth-order valence-electron chi connectivity index (χ4n) is 1.15. The molecule has 0 heterocycles. The van der Waals surface area contributed by atoms with Crippen LogP contribution in [0.25, 0.3) is 0 Å². The van der Waals surface area contributed by atoms with Gasteiger partial charge in [-0.25, -0.2) is 0 Å². The molecule has 4 heteroatoms. The molecule has 1 unspecified atom stereocenters. The van der Waals surface area contributed by atoms with Crippen molar-refractivity contribution in [3.8, 4) is 5.75 Å². The van der Waals surface area contributed by atoms with E-state index in [0.717, 1.165) is 0 Å². The second kappa shape index (κ2) is 3.77. The van der Waals surface area contributed by atoms with Crippen LogP contribution >= 0.6 is 11.6 Å². The van der Waals surface area contributed by atoms with Crippen LogP contribution in [-0.2, 0) is 0 Å². The molecular weight excluding hydrogens is 202 g/mol. The van der Waals surface area contributed by atoms with Crippen molar-refractivity contribution in [1.82, 2.24) is 0 Å². The van der Waals surface area contributed by atoms with E-state index in [9.17, 15) is 10.2 Å². The van der Waals surface area contributed by atoms with Gasteiger partial charge in [-0.2, -0.15) is 0 Å². The van der Waals surface area contributed by atoms with E-state index in [0.29, 0.717) is 5.56 Å². The molecule has 1 rings (SSSR count). The van der Waals surface area contributed by atoms with Crippen molar-refractivity contribution in [1.29, 1.82) is 0 Å². The van der Waals surface area contributed by atoms with Crippen molar-refractivity contribution < 1.29 is 10.2 Å². The first-order valence-corrected chi connectivity index (χ1v) is 4.66. The highest BCUT2D eigenvalue weighted by molar-refractivity contribution is 6.32. The van der Waals surface area contributed by atoms with E-state index in [1.54, 1.807) is 26.0 Å². The summed E-state index contributed by atoms with van der Waals surface area (Å²) >= 11 is 5.83. The molecule has 4 N–H and O–H groups in total. The number of rotatable bonds is 2. The Morgan fingerprint density at radius 2 is 2.00 bits per heavy atom. The summed E-state index contributed by atoms with van der Waals surface area (Å²) < 4.78 is 0. The molecule has 1 atom stereocenters. The molecule has 14 heavy (non-hydrogen) atoms. The molecule has 0 aliphatic heterocycles. The van der Waals surface area contributed by atoms with Crippen molar-refractivity contribution >= 4 is 11.6 Å². The Bertz CT molecular complexity index is 333. The molecule has 0 radical (unpaired) electrons. The molecule has 78 valence electrons. The third-order valence-corrected chi connectivity index (χ3v) is 2.42. The highest BCUT2D eigenvalue weighted by atomic mass is 35.5. The van der Waals surface area contributed by atoms with Gasteiger partial charge in [0.05, 0.1) is 11.1 Å². The Labute approximate surface area is 88.1 Å². The second-order valence-corrected chi connectivity index (χ2v) is 4.28. The van der Waals surface area contributed by atoms with Gasteiger partial charge in [-0.1, -0.05) is 23.7 Å². The maximum absolute atomic E-state index is 9.84. The summed E-state index contributed by atoms with van der Waals surface area (Å²) in [7, 11) is 0. The third kappa shape index (κ3) is 2.18. The fourth-order valence-corrected chi connectivity index (χ4v) is 1.38. The normalized spacial score (nSPS) is 14.1. The zero-order valence-corrected chi connectivity index (χ0v) is 8.92. The minimum Gasteiger partial charge on any atom is -0.506 e. The fraction of sp³-hybridized carbons (Fsp3) is 0.400. The van der Waals surface area contributed by atoms with Crippen molar-refractivity contribution in [3.63, 3.8) is 0 Å². The number of hydrogen-bond donors (Lipinski definition) is 3. The van der Waals surface area contributed by atoms with Gasteiger partial charge in [-0.15, -0.1) is 0 Å². The molecular formula is C10H14ClNO2.